The van der Waals surface area contributed by atoms with Crippen LogP contribution < -0.4 is 0 Å². The predicted molar refractivity (Wildman–Crippen MR) is 61.4 cm³/mol. The van der Waals surface area contributed by atoms with Crippen LogP contribution in [0.15, 0.2) is 24.3 Å². The second-order valence-electron chi connectivity index (χ2n) is 4.59. The normalized spacial score (nSPS) is 17.9. The molecule has 1 aromatic rings. The van der Waals surface area contributed by atoms with Gasteiger partial charge in [-0.25, -0.2) is 0 Å². The molecule has 1 nitrogen and oxygen atoms in total. The summed E-state index contributed by atoms with van der Waals surface area (Å²) < 4.78 is 0. The summed E-state index contributed by atoms with van der Waals surface area (Å²) in [6, 6.07) is 11.2. The van der Waals surface area contributed by atoms with E-state index in [2.05, 4.69) is 37.3 Å². The molecule has 0 heterocycles. The monoisotopic (exact) mass is 199 g/mol. The van der Waals surface area contributed by atoms with Gasteiger partial charge in [0.05, 0.1) is 11.5 Å². The minimum atomic E-state index is -0.0340. The molecule has 15 heavy (non-hydrogen) atoms. The molecule has 1 heteroatoms. The van der Waals surface area contributed by atoms with Gasteiger partial charge in [0, 0.05) is 0 Å². The predicted octanol–water partition coefficient (Wildman–Crippen LogP) is 3.49. The average Bonchev–Trinajstić information content (AvgIpc) is 2.24. The van der Waals surface area contributed by atoms with Crippen LogP contribution in [-0.2, 0) is 12.8 Å². The third-order valence-electron chi connectivity index (χ3n) is 3.52. The maximum atomic E-state index is 9.15. The fourth-order valence-corrected chi connectivity index (χ4v) is 2.22. The van der Waals surface area contributed by atoms with Crippen LogP contribution in [0.25, 0.3) is 0 Å². The number of benzene rings is 1. The van der Waals surface area contributed by atoms with Gasteiger partial charge in [0.25, 0.3) is 0 Å². The number of nitriles is 1. The van der Waals surface area contributed by atoms with Crippen LogP contribution >= 0.6 is 0 Å². The Morgan fingerprint density at radius 1 is 1.20 bits per heavy atom. The highest BCUT2D eigenvalue weighted by molar-refractivity contribution is 5.25. The van der Waals surface area contributed by atoms with E-state index in [1.54, 1.807) is 0 Å². The van der Waals surface area contributed by atoms with Crippen LogP contribution in [0.5, 0.6) is 0 Å². The molecule has 0 N–H and O–H groups in total. The van der Waals surface area contributed by atoms with Crippen molar-refractivity contribution in [3.63, 3.8) is 0 Å². The van der Waals surface area contributed by atoms with Crippen molar-refractivity contribution in [3.05, 3.63) is 35.4 Å². The summed E-state index contributed by atoms with van der Waals surface area (Å²) in [6.07, 6.45) is 5.41. The van der Waals surface area contributed by atoms with Crippen LogP contribution in [0, 0.1) is 16.7 Å². The molecule has 1 saturated carbocycles. The fourth-order valence-electron chi connectivity index (χ4n) is 2.22. The van der Waals surface area contributed by atoms with Crippen molar-refractivity contribution < 1.29 is 0 Å². The van der Waals surface area contributed by atoms with Crippen molar-refractivity contribution in [1.29, 1.82) is 5.26 Å². The van der Waals surface area contributed by atoms with Gasteiger partial charge in [0.1, 0.15) is 0 Å². The summed E-state index contributed by atoms with van der Waals surface area (Å²) in [7, 11) is 0. The molecule has 0 atom stereocenters. The highest BCUT2D eigenvalue weighted by Gasteiger charge is 2.36. The van der Waals surface area contributed by atoms with Gasteiger partial charge < -0.3 is 0 Å². The summed E-state index contributed by atoms with van der Waals surface area (Å²) in [6.45, 7) is 2.16. The molecule has 0 radical (unpaired) electrons. The van der Waals surface area contributed by atoms with Gasteiger partial charge in [-0.15, -0.1) is 0 Å². The molecule has 0 bridgehead atoms. The van der Waals surface area contributed by atoms with E-state index < -0.39 is 0 Å². The summed E-state index contributed by atoms with van der Waals surface area (Å²) in [5, 5.41) is 9.15. The van der Waals surface area contributed by atoms with Gasteiger partial charge in [-0.2, -0.15) is 5.26 Å². The van der Waals surface area contributed by atoms with Crippen LogP contribution in [0.2, 0.25) is 0 Å². The summed E-state index contributed by atoms with van der Waals surface area (Å²) in [5.74, 6) is 0. The minimum absolute atomic E-state index is 0.0340. The van der Waals surface area contributed by atoms with Crippen molar-refractivity contribution in [1.82, 2.24) is 0 Å². The Labute approximate surface area is 91.7 Å². The second kappa shape index (κ2) is 4.06. The molecule has 0 aromatic heterocycles. The van der Waals surface area contributed by atoms with E-state index in [-0.39, 0.29) is 5.41 Å². The van der Waals surface area contributed by atoms with Gasteiger partial charge >= 0.3 is 0 Å². The maximum Gasteiger partial charge on any atom is 0.0693 e. The van der Waals surface area contributed by atoms with Gasteiger partial charge in [-0.1, -0.05) is 37.6 Å². The molecule has 78 valence electrons. The zero-order valence-electron chi connectivity index (χ0n) is 9.29. The van der Waals surface area contributed by atoms with Crippen molar-refractivity contribution in [2.45, 2.75) is 39.0 Å². The van der Waals surface area contributed by atoms with E-state index in [9.17, 15) is 0 Å². The molecule has 0 unspecified atom stereocenters. The van der Waals surface area contributed by atoms with Crippen molar-refractivity contribution in [2.75, 3.05) is 0 Å². The molecule has 1 aliphatic carbocycles. The molecule has 1 aromatic carbocycles. The van der Waals surface area contributed by atoms with Crippen molar-refractivity contribution in [2.24, 2.45) is 5.41 Å². The zero-order chi connectivity index (χ0) is 10.7. The molecule has 2 rings (SSSR count). The van der Waals surface area contributed by atoms with Gasteiger partial charge in [0.2, 0.25) is 0 Å². The summed E-state index contributed by atoms with van der Waals surface area (Å²) in [5.41, 5.74) is 2.65. The van der Waals surface area contributed by atoms with Crippen molar-refractivity contribution in [3.8, 4) is 6.07 Å². The van der Waals surface area contributed by atoms with Crippen molar-refractivity contribution >= 4 is 0 Å². The fraction of sp³-hybridized carbons (Fsp3) is 0.500. The highest BCUT2D eigenvalue weighted by atomic mass is 14.4. The summed E-state index contributed by atoms with van der Waals surface area (Å²) >= 11 is 0. The van der Waals surface area contributed by atoms with E-state index in [0.717, 1.165) is 25.7 Å². The lowest BCUT2D eigenvalue weighted by atomic mass is 9.66. The van der Waals surface area contributed by atoms with E-state index in [1.807, 2.05) is 0 Å². The van der Waals surface area contributed by atoms with Crippen LogP contribution in [0.3, 0.4) is 0 Å². The van der Waals surface area contributed by atoms with Gasteiger partial charge in [-0.05, 0) is 36.8 Å². The first-order valence-corrected chi connectivity index (χ1v) is 5.77. The maximum absolute atomic E-state index is 9.15. The second-order valence-corrected chi connectivity index (χ2v) is 4.59. The first kappa shape index (κ1) is 10.2. The lowest BCUT2D eigenvalue weighted by Gasteiger charge is -2.35. The van der Waals surface area contributed by atoms with Crippen LogP contribution in [-0.4, -0.2) is 0 Å². The first-order valence-electron chi connectivity index (χ1n) is 5.77. The van der Waals surface area contributed by atoms with E-state index in [1.165, 1.54) is 17.5 Å². The van der Waals surface area contributed by atoms with Gasteiger partial charge in [0.15, 0.2) is 0 Å². The molecule has 0 spiro atoms. The van der Waals surface area contributed by atoms with E-state index in [0.29, 0.717) is 0 Å². The molecule has 0 amide bonds. The molecule has 0 aliphatic heterocycles. The Kier molecular flexibility index (Phi) is 2.77. The first-order chi connectivity index (χ1) is 7.28. The number of rotatable bonds is 3. The Morgan fingerprint density at radius 3 is 2.20 bits per heavy atom. The van der Waals surface area contributed by atoms with Crippen LogP contribution in [0.4, 0.5) is 0 Å². The summed E-state index contributed by atoms with van der Waals surface area (Å²) in [4.78, 5) is 0. The largest absolute Gasteiger partial charge is 0.198 e. The zero-order valence-corrected chi connectivity index (χ0v) is 9.29. The van der Waals surface area contributed by atoms with E-state index >= 15 is 0 Å². The molecule has 1 aliphatic rings. The number of aryl methyl sites for hydroxylation is 1. The SMILES string of the molecule is CCc1ccc(CC2(C#N)CCC2)cc1. The number of hydrogen-bond donors (Lipinski definition) is 0. The lowest BCUT2D eigenvalue weighted by molar-refractivity contribution is 0.214. The number of hydrogen-bond acceptors (Lipinski definition) is 1. The molecule has 1 fully saturated rings. The van der Waals surface area contributed by atoms with Gasteiger partial charge in [-0.3, -0.25) is 0 Å². The third kappa shape index (κ3) is 2.04. The molecular formula is C14H17N. The quantitative estimate of drug-likeness (QED) is 0.731. The Balaban J connectivity index is 2.08. The van der Waals surface area contributed by atoms with Crippen LogP contribution in [0.1, 0.15) is 37.3 Å². The standard InChI is InChI=1S/C14H17N/c1-2-12-4-6-13(7-5-12)10-14(11-15)8-3-9-14/h4-7H,2-3,8-10H2,1H3. The topological polar surface area (TPSA) is 23.8 Å². The Morgan fingerprint density at radius 2 is 1.80 bits per heavy atom. The highest BCUT2D eigenvalue weighted by Crippen LogP contribution is 2.42. The Bertz CT molecular complexity index is 365. The smallest absolute Gasteiger partial charge is 0.0693 e. The Hall–Kier alpha value is -1.29. The number of nitrogens with zero attached hydrogens (tertiary/aromatic N) is 1. The minimum Gasteiger partial charge on any atom is -0.198 e. The third-order valence-corrected chi connectivity index (χ3v) is 3.52. The van der Waals surface area contributed by atoms with E-state index in [4.69, 9.17) is 5.26 Å². The molecular weight excluding hydrogens is 182 g/mol. The molecule has 0 saturated heterocycles. The lowest BCUT2D eigenvalue weighted by Crippen LogP contribution is -2.29. The average molecular weight is 199 g/mol.